The first-order chi connectivity index (χ1) is 20.9. The quantitative estimate of drug-likeness (QED) is 0.138. The van der Waals surface area contributed by atoms with Crippen LogP contribution < -0.4 is 0 Å². The normalized spacial score (nSPS) is 30.2. The number of aliphatic hydroxyl groups excluding tert-OH is 3. The number of hydrogen-bond donors (Lipinski definition) is 3. The first kappa shape index (κ1) is 40.3. The van der Waals surface area contributed by atoms with Gasteiger partial charge >= 0.3 is 23.5 Å². The molecule has 0 aliphatic carbocycles. The second kappa shape index (κ2) is 19.2. The molecule has 0 saturated carbocycles. The topological polar surface area (TPSA) is 223 Å². The van der Waals surface area contributed by atoms with Crippen molar-refractivity contribution < 1.29 is 83.9 Å². The molecule has 0 radical (unpaired) electrons. The fourth-order valence-corrected chi connectivity index (χ4v) is 8.43. The lowest BCUT2D eigenvalue weighted by Crippen LogP contribution is -2.61. The molecule has 1 unspecified atom stereocenters. The van der Waals surface area contributed by atoms with Crippen molar-refractivity contribution in [2.24, 2.45) is 0 Å². The zero-order chi connectivity index (χ0) is 33.0. The van der Waals surface area contributed by atoms with E-state index in [1.54, 1.807) is 13.8 Å². The first-order valence-corrected chi connectivity index (χ1v) is 18.8. The van der Waals surface area contributed by atoms with E-state index in [9.17, 15) is 29.0 Å². The highest BCUT2D eigenvalue weighted by molar-refractivity contribution is 7.49. The molecule has 0 amide bonds. The van der Waals surface area contributed by atoms with Crippen molar-refractivity contribution in [3.8, 4) is 0 Å². The molecule has 2 rings (SSSR count). The Morgan fingerprint density at radius 1 is 0.614 bits per heavy atom. The van der Waals surface area contributed by atoms with Crippen LogP contribution in [-0.2, 0) is 68.6 Å². The van der Waals surface area contributed by atoms with E-state index >= 15 is 0 Å². The van der Waals surface area contributed by atoms with Crippen molar-refractivity contribution >= 4 is 23.5 Å². The van der Waals surface area contributed by atoms with Gasteiger partial charge in [0.15, 0.2) is 6.29 Å². The van der Waals surface area contributed by atoms with E-state index in [-0.39, 0.29) is 46.2 Å². The predicted molar refractivity (Wildman–Crippen MR) is 151 cm³/mol. The highest BCUT2D eigenvalue weighted by Crippen LogP contribution is 2.56. The minimum Gasteiger partial charge on any atom is -0.394 e. The number of aliphatic hydroxyl groups is 3. The summed E-state index contributed by atoms with van der Waals surface area (Å²) < 4.78 is 105. The van der Waals surface area contributed by atoms with Gasteiger partial charge in [-0.3, -0.25) is 40.7 Å². The molecule has 0 bridgehead atoms. The van der Waals surface area contributed by atoms with Crippen LogP contribution in [0.25, 0.3) is 0 Å². The van der Waals surface area contributed by atoms with Gasteiger partial charge in [0, 0.05) is 0 Å². The van der Waals surface area contributed by atoms with Crippen molar-refractivity contribution in [2.45, 2.75) is 90.6 Å². The fraction of sp³-hybridized carbons (Fsp3) is 1.00. The van der Waals surface area contributed by atoms with E-state index < -0.39 is 85.7 Å². The van der Waals surface area contributed by atoms with E-state index in [1.807, 2.05) is 0 Å². The van der Waals surface area contributed by atoms with Gasteiger partial charge in [-0.1, -0.05) is 0 Å². The second-order valence-corrected chi connectivity index (χ2v) is 13.9. The Bertz CT molecular complexity index is 943. The van der Waals surface area contributed by atoms with Crippen LogP contribution in [0.1, 0.15) is 41.5 Å². The number of phosphoric ester groups is 3. The van der Waals surface area contributed by atoms with Gasteiger partial charge in [-0.25, -0.2) is 13.7 Å². The van der Waals surface area contributed by atoms with Crippen molar-refractivity contribution in [1.29, 1.82) is 0 Å². The Labute approximate surface area is 257 Å². The highest BCUT2D eigenvalue weighted by atomic mass is 31.2. The van der Waals surface area contributed by atoms with E-state index in [4.69, 9.17) is 54.9 Å². The van der Waals surface area contributed by atoms with Crippen LogP contribution in [0, 0.1) is 0 Å². The summed E-state index contributed by atoms with van der Waals surface area (Å²) >= 11 is 0. The summed E-state index contributed by atoms with van der Waals surface area (Å²) in [6.07, 6.45) is -11.9. The van der Waals surface area contributed by atoms with Crippen molar-refractivity contribution in [3.63, 3.8) is 0 Å². The van der Waals surface area contributed by atoms with Gasteiger partial charge < -0.3 is 29.5 Å². The summed E-state index contributed by atoms with van der Waals surface area (Å²) in [5, 5.41) is 31.7. The summed E-state index contributed by atoms with van der Waals surface area (Å²) in [7, 11) is -12.8. The minimum atomic E-state index is -4.39. The summed E-state index contributed by atoms with van der Waals surface area (Å²) in [5.41, 5.74) is 0. The lowest BCUT2D eigenvalue weighted by Gasteiger charge is -2.45. The average molecular weight is 705 g/mol. The van der Waals surface area contributed by atoms with Gasteiger partial charge in [0.25, 0.3) is 0 Å². The molecule has 2 heterocycles. The van der Waals surface area contributed by atoms with Gasteiger partial charge in [0.1, 0.15) is 42.7 Å². The van der Waals surface area contributed by atoms with E-state index in [1.165, 1.54) is 27.7 Å². The van der Waals surface area contributed by atoms with E-state index in [0.717, 1.165) is 0 Å². The molecule has 0 aromatic rings. The Morgan fingerprint density at radius 2 is 1.02 bits per heavy atom. The number of ether oxygens (including phenoxy) is 3. The molecule has 2 saturated heterocycles. The Kier molecular flexibility index (Phi) is 17.6. The summed E-state index contributed by atoms with van der Waals surface area (Å²) in [4.78, 5) is 0. The third-order valence-electron chi connectivity index (χ3n) is 5.96. The minimum absolute atomic E-state index is 0.00406. The SMILES string of the molecule is CCOP(=O)(OCC)O[C@@H]1[C@@H](O)[C@@H](OC2[C@@H](OP(=O)(OCC)OCC)CO[C@@H]2CO)O[C@H](CO)[C@H]1OP(=O)(OCC)OCC. The second-order valence-electron chi connectivity index (χ2n) is 9.00. The molecule has 21 heteroatoms. The van der Waals surface area contributed by atoms with Gasteiger partial charge in [-0.15, -0.1) is 0 Å². The molecule has 0 aromatic carbocycles. The average Bonchev–Trinajstić information content (AvgIpc) is 3.33. The summed E-state index contributed by atoms with van der Waals surface area (Å²) in [5.74, 6) is 0. The molecule has 0 spiro atoms. The van der Waals surface area contributed by atoms with Gasteiger partial charge in [0.05, 0.1) is 59.5 Å². The molecule has 3 N–H and O–H groups in total. The third kappa shape index (κ3) is 11.1. The van der Waals surface area contributed by atoms with Crippen LogP contribution in [-0.4, -0.2) is 124 Å². The third-order valence-corrected chi connectivity index (χ3v) is 10.9. The molecule has 44 heavy (non-hydrogen) atoms. The van der Waals surface area contributed by atoms with Gasteiger partial charge in [-0.2, -0.15) is 0 Å². The molecule has 262 valence electrons. The van der Waals surface area contributed by atoms with Crippen molar-refractivity contribution in [2.75, 3.05) is 59.5 Å². The standard InChI is InChI=1S/C23H47O18P3/c1-7-31-42(27,32-8-2)39-18-15-30-16(13-24)20(18)38-23-19(26)22(41-44(29,35-11-5)36-12-6)21(17(14-25)37-23)40-43(28,33-9-3)34-10-4/h16-26H,7-15H2,1-6H3/t16-,17-,18+,19-,20?,21-,22-,23-/m1/s1. The molecule has 2 fully saturated rings. The van der Waals surface area contributed by atoms with Gasteiger partial charge in [-0.05, 0) is 41.5 Å². The van der Waals surface area contributed by atoms with Gasteiger partial charge in [0.2, 0.25) is 0 Å². The van der Waals surface area contributed by atoms with Crippen LogP contribution in [0.3, 0.4) is 0 Å². The Balaban J connectivity index is 2.48. The maximum absolute atomic E-state index is 13.4. The fourth-order valence-electron chi connectivity index (χ4n) is 4.33. The summed E-state index contributed by atoms with van der Waals surface area (Å²) in [6, 6.07) is 0. The molecule has 18 nitrogen and oxygen atoms in total. The van der Waals surface area contributed by atoms with Crippen LogP contribution in [0.4, 0.5) is 0 Å². The maximum Gasteiger partial charge on any atom is 0.475 e. The number of phosphoric acid groups is 3. The first-order valence-electron chi connectivity index (χ1n) is 14.5. The van der Waals surface area contributed by atoms with E-state index in [2.05, 4.69) is 0 Å². The smallest absolute Gasteiger partial charge is 0.394 e. The molecule has 0 aromatic heterocycles. The zero-order valence-electron chi connectivity index (χ0n) is 25.8. The van der Waals surface area contributed by atoms with Crippen LogP contribution in [0.5, 0.6) is 0 Å². The van der Waals surface area contributed by atoms with Crippen LogP contribution in [0.15, 0.2) is 0 Å². The zero-order valence-corrected chi connectivity index (χ0v) is 28.5. The molecule has 2 aliphatic rings. The van der Waals surface area contributed by atoms with Crippen LogP contribution in [0.2, 0.25) is 0 Å². The number of hydrogen-bond acceptors (Lipinski definition) is 18. The largest absolute Gasteiger partial charge is 0.475 e. The highest BCUT2D eigenvalue weighted by Gasteiger charge is 2.55. The molecular formula is C23H47O18P3. The van der Waals surface area contributed by atoms with Crippen molar-refractivity contribution in [1.82, 2.24) is 0 Å². The monoisotopic (exact) mass is 704 g/mol. The maximum atomic E-state index is 13.4. The van der Waals surface area contributed by atoms with Crippen LogP contribution >= 0.6 is 23.5 Å². The Morgan fingerprint density at radius 3 is 1.43 bits per heavy atom. The lowest BCUT2D eigenvalue weighted by atomic mass is 9.99. The lowest BCUT2D eigenvalue weighted by molar-refractivity contribution is -0.313. The predicted octanol–water partition coefficient (Wildman–Crippen LogP) is 2.54. The molecule has 2 aliphatic heterocycles. The summed E-state index contributed by atoms with van der Waals surface area (Å²) in [6.45, 7) is 7.29. The Hall–Kier alpha value is 0.0900. The van der Waals surface area contributed by atoms with E-state index in [0.29, 0.717) is 0 Å². The molecular weight excluding hydrogens is 657 g/mol. The number of rotatable bonds is 22. The molecule has 8 atom stereocenters. The van der Waals surface area contributed by atoms with Crippen molar-refractivity contribution in [3.05, 3.63) is 0 Å².